The van der Waals surface area contributed by atoms with Crippen LogP contribution >= 0.6 is 12.4 Å². The van der Waals surface area contributed by atoms with Crippen molar-refractivity contribution in [2.24, 2.45) is 0 Å². The molecule has 5 heteroatoms. The van der Waals surface area contributed by atoms with Gasteiger partial charge in [-0.05, 0) is 38.1 Å². The van der Waals surface area contributed by atoms with E-state index in [2.05, 4.69) is 0 Å². The standard InChI is InChI=1S/2C8H8O2.ClH/c2*1-6-2-4-7(5-3-6)8(9)10;/h2*2-5H,1H3,(H,9,10);1H. The van der Waals surface area contributed by atoms with Crippen LogP contribution in [0.2, 0.25) is 0 Å². The number of halogens is 1. The molecule has 0 spiro atoms. The summed E-state index contributed by atoms with van der Waals surface area (Å²) in [6.45, 7) is 3.84. The number of aryl methyl sites for hydroxylation is 2. The third-order valence-electron chi connectivity index (χ3n) is 2.60. The average Bonchev–Trinajstić information content (AvgIpc) is 2.40. The summed E-state index contributed by atoms with van der Waals surface area (Å²) in [6, 6.07) is 13.5. The molecule has 0 heterocycles. The molecule has 2 rings (SSSR count). The summed E-state index contributed by atoms with van der Waals surface area (Å²) in [5.41, 5.74) is 2.83. The maximum Gasteiger partial charge on any atom is 0.335 e. The van der Waals surface area contributed by atoms with Crippen molar-refractivity contribution in [1.82, 2.24) is 0 Å². The Morgan fingerprint density at radius 3 is 1.10 bits per heavy atom. The Morgan fingerprint density at radius 2 is 0.905 bits per heavy atom. The molecule has 4 nitrogen and oxygen atoms in total. The Kier molecular flexibility index (Phi) is 7.79. The fourth-order valence-electron chi connectivity index (χ4n) is 1.39. The lowest BCUT2D eigenvalue weighted by Gasteiger charge is -1.92. The van der Waals surface area contributed by atoms with E-state index in [0.29, 0.717) is 11.1 Å². The molecule has 0 atom stereocenters. The van der Waals surface area contributed by atoms with Gasteiger partial charge in [-0.15, -0.1) is 12.4 Å². The molecule has 0 unspecified atom stereocenters. The van der Waals surface area contributed by atoms with Crippen LogP contribution in [0.25, 0.3) is 0 Å². The molecule has 0 bridgehead atoms. The molecule has 21 heavy (non-hydrogen) atoms. The Hall–Kier alpha value is -2.33. The van der Waals surface area contributed by atoms with Crippen LogP contribution in [0.15, 0.2) is 48.5 Å². The second-order valence-electron chi connectivity index (χ2n) is 4.34. The van der Waals surface area contributed by atoms with Gasteiger partial charge in [0.1, 0.15) is 0 Å². The van der Waals surface area contributed by atoms with Crippen LogP contribution in [-0.4, -0.2) is 22.2 Å². The van der Waals surface area contributed by atoms with Crippen molar-refractivity contribution in [3.63, 3.8) is 0 Å². The van der Waals surface area contributed by atoms with Crippen LogP contribution < -0.4 is 0 Å². The van der Waals surface area contributed by atoms with Gasteiger partial charge < -0.3 is 10.2 Å². The lowest BCUT2D eigenvalue weighted by Crippen LogP contribution is -1.94. The number of hydrogen-bond donors (Lipinski definition) is 2. The molecule has 0 fully saturated rings. The van der Waals surface area contributed by atoms with E-state index in [1.807, 2.05) is 13.8 Å². The van der Waals surface area contributed by atoms with Crippen molar-refractivity contribution >= 4 is 24.3 Å². The summed E-state index contributed by atoms with van der Waals surface area (Å²) < 4.78 is 0. The van der Waals surface area contributed by atoms with Crippen LogP contribution in [0.5, 0.6) is 0 Å². The van der Waals surface area contributed by atoms with E-state index in [-0.39, 0.29) is 12.4 Å². The number of rotatable bonds is 2. The van der Waals surface area contributed by atoms with Crippen LogP contribution in [0.1, 0.15) is 31.8 Å². The lowest BCUT2D eigenvalue weighted by atomic mass is 10.2. The van der Waals surface area contributed by atoms with Gasteiger partial charge in [-0.1, -0.05) is 35.4 Å². The molecule has 0 aliphatic rings. The Bertz CT molecular complexity index is 533. The molecule has 0 aliphatic carbocycles. The third kappa shape index (κ3) is 6.58. The summed E-state index contributed by atoms with van der Waals surface area (Å²) in [5.74, 6) is -1.75. The highest BCUT2D eigenvalue weighted by Crippen LogP contribution is 2.02. The summed E-state index contributed by atoms with van der Waals surface area (Å²) in [7, 11) is 0. The van der Waals surface area contributed by atoms with E-state index in [9.17, 15) is 9.59 Å². The molecule has 2 N–H and O–H groups in total. The first-order chi connectivity index (χ1) is 9.40. The quantitative estimate of drug-likeness (QED) is 0.884. The summed E-state index contributed by atoms with van der Waals surface area (Å²) >= 11 is 0. The third-order valence-corrected chi connectivity index (χ3v) is 2.60. The van der Waals surface area contributed by atoms with Gasteiger partial charge in [-0.3, -0.25) is 0 Å². The predicted octanol–water partition coefficient (Wildman–Crippen LogP) is 3.81. The number of aromatic carboxylic acids is 2. The van der Waals surface area contributed by atoms with E-state index >= 15 is 0 Å². The molecular weight excluding hydrogens is 292 g/mol. The molecular formula is C16H17ClO4. The maximum atomic E-state index is 10.3. The molecule has 2 aromatic rings. The first-order valence-corrected chi connectivity index (χ1v) is 6.00. The largest absolute Gasteiger partial charge is 0.478 e. The Labute approximate surface area is 129 Å². The van der Waals surface area contributed by atoms with Gasteiger partial charge in [-0.25, -0.2) is 9.59 Å². The van der Waals surface area contributed by atoms with Crippen molar-refractivity contribution in [2.45, 2.75) is 13.8 Å². The minimum Gasteiger partial charge on any atom is -0.478 e. The van der Waals surface area contributed by atoms with Crippen LogP contribution in [-0.2, 0) is 0 Å². The molecule has 0 aliphatic heterocycles. The molecule has 0 aromatic heterocycles. The first-order valence-electron chi connectivity index (χ1n) is 6.00. The fraction of sp³-hybridized carbons (Fsp3) is 0.125. The molecule has 0 saturated heterocycles. The zero-order chi connectivity index (χ0) is 15.1. The second-order valence-corrected chi connectivity index (χ2v) is 4.34. The maximum absolute atomic E-state index is 10.3. The molecule has 0 amide bonds. The van der Waals surface area contributed by atoms with Crippen LogP contribution in [0.4, 0.5) is 0 Å². The normalized spacial score (nSPS) is 8.86. The number of hydrogen-bond acceptors (Lipinski definition) is 2. The van der Waals surface area contributed by atoms with Gasteiger partial charge in [0.15, 0.2) is 0 Å². The topological polar surface area (TPSA) is 74.6 Å². The summed E-state index contributed by atoms with van der Waals surface area (Å²) in [6.07, 6.45) is 0. The predicted molar refractivity (Wildman–Crippen MR) is 83.5 cm³/mol. The molecule has 0 radical (unpaired) electrons. The van der Waals surface area contributed by atoms with Crippen molar-refractivity contribution in [3.8, 4) is 0 Å². The van der Waals surface area contributed by atoms with Gasteiger partial charge in [0, 0.05) is 0 Å². The fourth-order valence-corrected chi connectivity index (χ4v) is 1.39. The zero-order valence-corrected chi connectivity index (χ0v) is 12.6. The van der Waals surface area contributed by atoms with E-state index in [1.54, 1.807) is 48.5 Å². The van der Waals surface area contributed by atoms with Crippen LogP contribution in [0, 0.1) is 13.8 Å². The van der Waals surface area contributed by atoms with Gasteiger partial charge in [0.25, 0.3) is 0 Å². The van der Waals surface area contributed by atoms with Crippen molar-refractivity contribution in [2.75, 3.05) is 0 Å². The lowest BCUT2D eigenvalue weighted by molar-refractivity contribution is 0.0686. The van der Waals surface area contributed by atoms with Crippen molar-refractivity contribution in [1.29, 1.82) is 0 Å². The molecule has 112 valence electrons. The average molecular weight is 309 g/mol. The Balaban J connectivity index is 0.000000364. The Morgan fingerprint density at radius 1 is 0.667 bits per heavy atom. The van der Waals surface area contributed by atoms with Gasteiger partial charge in [0.05, 0.1) is 11.1 Å². The van der Waals surface area contributed by atoms with E-state index in [0.717, 1.165) is 11.1 Å². The monoisotopic (exact) mass is 308 g/mol. The van der Waals surface area contributed by atoms with E-state index in [1.165, 1.54) is 0 Å². The smallest absolute Gasteiger partial charge is 0.335 e. The van der Waals surface area contributed by atoms with Gasteiger partial charge in [-0.2, -0.15) is 0 Å². The molecule has 2 aromatic carbocycles. The van der Waals surface area contributed by atoms with Crippen LogP contribution in [0.3, 0.4) is 0 Å². The number of carboxylic acid groups (broad SMARTS) is 2. The van der Waals surface area contributed by atoms with E-state index < -0.39 is 11.9 Å². The highest BCUT2D eigenvalue weighted by Gasteiger charge is 1.99. The summed E-state index contributed by atoms with van der Waals surface area (Å²) in [5, 5.41) is 17.0. The van der Waals surface area contributed by atoms with Crippen molar-refractivity contribution in [3.05, 3.63) is 70.8 Å². The van der Waals surface area contributed by atoms with Gasteiger partial charge in [0.2, 0.25) is 0 Å². The highest BCUT2D eigenvalue weighted by atomic mass is 35.5. The van der Waals surface area contributed by atoms with E-state index in [4.69, 9.17) is 10.2 Å². The SMILES string of the molecule is Cc1ccc(C(=O)O)cc1.Cc1ccc(C(=O)O)cc1.Cl. The minimum absolute atomic E-state index is 0. The van der Waals surface area contributed by atoms with Gasteiger partial charge >= 0.3 is 11.9 Å². The first kappa shape index (κ1) is 18.7. The highest BCUT2D eigenvalue weighted by molar-refractivity contribution is 5.87. The number of carboxylic acids is 2. The van der Waals surface area contributed by atoms with Crippen molar-refractivity contribution < 1.29 is 19.8 Å². The number of carbonyl (C=O) groups is 2. The minimum atomic E-state index is -0.875. The number of benzene rings is 2. The second kappa shape index (κ2) is 8.76. The zero-order valence-electron chi connectivity index (χ0n) is 11.7. The molecule has 0 saturated carbocycles. The summed E-state index contributed by atoms with van der Waals surface area (Å²) in [4.78, 5) is 20.6.